The second-order valence-corrected chi connectivity index (χ2v) is 7.09. The Labute approximate surface area is 148 Å². The van der Waals surface area contributed by atoms with Gasteiger partial charge in [-0.2, -0.15) is 0 Å². The van der Waals surface area contributed by atoms with Gasteiger partial charge in [0.15, 0.2) is 0 Å². The molecule has 3 amide bonds. The Hall–Kier alpha value is -2.21. The molecule has 1 heterocycles. The molecular formula is C19H25N3O3. The molecule has 0 aromatic heterocycles. The Morgan fingerprint density at radius 2 is 1.80 bits per heavy atom. The molecule has 3 rings (SSSR count). The summed E-state index contributed by atoms with van der Waals surface area (Å²) >= 11 is 0. The van der Waals surface area contributed by atoms with Gasteiger partial charge in [-0.25, -0.2) is 4.90 Å². The van der Waals surface area contributed by atoms with Crippen molar-refractivity contribution in [2.75, 3.05) is 10.2 Å². The van der Waals surface area contributed by atoms with E-state index in [1.165, 1.54) is 31.1 Å². The molecule has 0 bridgehead atoms. The lowest BCUT2D eigenvalue weighted by atomic mass is 9.85. The summed E-state index contributed by atoms with van der Waals surface area (Å²) in [6.45, 7) is 3.64. The lowest BCUT2D eigenvalue weighted by molar-refractivity contribution is -0.122. The third-order valence-electron chi connectivity index (χ3n) is 5.12. The largest absolute Gasteiger partial charge is 0.326 e. The molecule has 3 atom stereocenters. The van der Waals surface area contributed by atoms with Crippen LogP contribution in [0.3, 0.4) is 0 Å². The van der Waals surface area contributed by atoms with Crippen molar-refractivity contribution in [2.24, 2.45) is 5.92 Å². The van der Waals surface area contributed by atoms with Gasteiger partial charge in [0.2, 0.25) is 11.8 Å². The van der Waals surface area contributed by atoms with E-state index in [2.05, 4.69) is 17.6 Å². The minimum Gasteiger partial charge on any atom is -0.326 e. The molecule has 6 nitrogen and oxygen atoms in total. The Kier molecular flexibility index (Phi) is 5.18. The zero-order valence-corrected chi connectivity index (χ0v) is 14.7. The maximum Gasteiger partial charge on any atom is 0.251 e. The van der Waals surface area contributed by atoms with E-state index in [-0.39, 0.29) is 24.1 Å². The molecule has 134 valence electrons. The van der Waals surface area contributed by atoms with E-state index >= 15 is 0 Å². The van der Waals surface area contributed by atoms with Gasteiger partial charge in [0.05, 0.1) is 18.2 Å². The van der Waals surface area contributed by atoms with Gasteiger partial charge in [-0.1, -0.05) is 19.8 Å². The van der Waals surface area contributed by atoms with Gasteiger partial charge in [-0.05, 0) is 43.0 Å². The van der Waals surface area contributed by atoms with Crippen molar-refractivity contribution in [3.63, 3.8) is 0 Å². The molecule has 6 heteroatoms. The van der Waals surface area contributed by atoms with Crippen molar-refractivity contribution in [2.45, 2.75) is 58.0 Å². The fourth-order valence-corrected chi connectivity index (χ4v) is 3.75. The van der Waals surface area contributed by atoms with E-state index in [1.807, 2.05) is 0 Å². The predicted octanol–water partition coefficient (Wildman–Crippen LogP) is 2.45. The second-order valence-electron chi connectivity index (χ2n) is 7.09. The first-order valence-corrected chi connectivity index (χ1v) is 8.96. The molecule has 1 aromatic rings. The summed E-state index contributed by atoms with van der Waals surface area (Å²) in [5.74, 6) is 0.00266. The Bertz CT molecular complexity index is 671. The van der Waals surface area contributed by atoms with Crippen LogP contribution in [0.25, 0.3) is 0 Å². The fraction of sp³-hybridized carbons (Fsp3) is 0.526. The Morgan fingerprint density at radius 3 is 2.44 bits per heavy atom. The van der Waals surface area contributed by atoms with E-state index in [0.29, 0.717) is 23.3 Å². The van der Waals surface area contributed by atoms with Crippen LogP contribution in [0.1, 0.15) is 46.0 Å². The number of nitrogens with zero attached hydrogens (tertiary/aromatic N) is 1. The number of anilines is 2. The number of carbonyl (C=O) groups is 3. The normalized spacial score (nSPS) is 26.8. The van der Waals surface area contributed by atoms with Gasteiger partial charge in [-0.3, -0.25) is 14.4 Å². The maximum atomic E-state index is 12.7. The highest BCUT2D eigenvalue weighted by atomic mass is 16.2. The molecule has 0 unspecified atom stereocenters. The van der Waals surface area contributed by atoms with Crippen LogP contribution in [0.15, 0.2) is 24.3 Å². The van der Waals surface area contributed by atoms with Crippen LogP contribution in [0.4, 0.5) is 11.4 Å². The van der Waals surface area contributed by atoms with Crippen molar-refractivity contribution in [3.05, 3.63) is 24.3 Å². The van der Waals surface area contributed by atoms with Crippen molar-refractivity contribution in [1.29, 1.82) is 0 Å². The lowest BCUT2D eigenvalue weighted by Gasteiger charge is -2.31. The van der Waals surface area contributed by atoms with Gasteiger partial charge < -0.3 is 10.6 Å². The number of hydrogen-bond donors (Lipinski definition) is 2. The van der Waals surface area contributed by atoms with Crippen LogP contribution in [0, 0.1) is 5.92 Å². The summed E-state index contributed by atoms with van der Waals surface area (Å²) in [4.78, 5) is 37.4. The van der Waals surface area contributed by atoms with Crippen LogP contribution in [-0.4, -0.2) is 29.8 Å². The molecule has 1 saturated carbocycles. The number of benzene rings is 1. The monoisotopic (exact) mass is 343 g/mol. The van der Waals surface area contributed by atoms with Gasteiger partial charge in [0, 0.05) is 18.7 Å². The highest BCUT2D eigenvalue weighted by Crippen LogP contribution is 2.28. The fourth-order valence-electron chi connectivity index (χ4n) is 3.75. The van der Waals surface area contributed by atoms with Crippen LogP contribution in [0.2, 0.25) is 0 Å². The molecule has 1 aliphatic heterocycles. The Balaban J connectivity index is 1.69. The standard InChI is InChI=1S/C19H25N3O3/c1-12-5-3-4-6-16(12)21-17-11-18(24)22(19(17)25)15-9-7-14(8-10-15)20-13(2)23/h7-10,12,16-17,21H,3-6,11H2,1-2H3,(H,20,23)/t12-,16+,17+/m1/s1. The van der Waals surface area contributed by atoms with Gasteiger partial charge in [0.1, 0.15) is 0 Å². The average molecular weight is 343 g/mol. The van der Waals surface area contributed by atoms with E-state index < -0.39 is 6.04 Å². The van der Waals surface area contributed by atoms with Crippen LogP contribution in [-0.2, 0) is 14.4 Å². The average Bonchev–Trinajstić information content (AvgIpc) is 2.84. The number of imide groups is 1. The third-order valence-corrected chi connectivity index (χ3v) is 5.12. The highest BCUT2D eigenvalue weighted by Gasteiger charge is 2.41. The van der Waals surface area contributed by atoms with Crippen LogP contribution < -0.4 is 15.5 Å². The summed E-state index contributed by atoms with van der Waals surface area (Å²) in [6.07, 6.45) is 4.84. The topological polar surface area (TPSA) is 78.5 Å². The molecule has 1 aliphatic carbocycles. The molecular weight excluding hydrogens is 318 g/mol. The number of nitrogens with one attached hydrogen (secondary N) is 2. The van der Waals surface area contributed by atoms with Crippen LogP contribution in [0.5, 0.6) is 0 Å². The summed E-state index contributed by atoms with van der Waals surface area (Å²) in [7, 11) is 0. The van der Waals surface area contributed by atoms with Crippen LogP contribution >= 0.6 is 0 Å². The molecule has 2 fully saturated rings. The van der Waals surface area contributed by atoms with Crippen molar-refractivity contribution < 1.29 is 14.4 Å². The molecule has 2 aliphatic rings. The minimum absolute atomic E-state index is 0.160. The van der Waals surface area contributed by atoms with E-state index in [9.17, 15) is 14.4 Å². The van der Waals surface area contributed by atoms with Gasteiger partial charge in [-0.15, -0.1) is 0 Å². The molecule has 0 radical (unpaired) electrons. The lowest BCUT2D eigenvalue weighted by Crippen LogP contribution is -2.47. The summed E-state index contributed by atoms with van der Waals surface area (Å²) in [5.41, 5.74) is 1.19. The van der Waals surface area contributed by atoms with Crippen molar-refractivity contribution in [3.8, 4) is 0 Å². The van der Waals surface area contributed by atoms with Gasteiger partial charge in [0.25, 0.3) is 5.91 Å². The quantitative estimate of drug-likeness (QED) is 0.823. The molecule has 2 N–H and O–H groups in total. The third kappa shape index (κ3) is 3.90. The summed E-state index contributed by atoms with van der Waals surface area (Å²) < 4.78 is 0. The van der Waals surface area contributed by atoms with Crippen molar-refractivity contribution >= 4 is 29.1 Å². The molecule has 25 heavy (non-hydrogen) atoms. The molecule has 1 saturated heterocycles. The van der Waals surface area contributed by atoms with E-state index in [1.54, 1.807) is 24.3 Å². The highest BCUT2D eigenvalue weighted by molar-refractivity contribution is 6.22. The zero-order chi connectivity index (χ0) is 18.0. The first-order valence-electron chi connectivity index (χ1n) is 8.96. The van der Waals surface area contributed by atoms with E-state index in [4.69, 9.17) is 0 Å². The first kappa shape index (κ1) is 17.6. The number of amides is 3. The molecule has 0 spiro atoms. The second kappa shape index (κ2) is 7.35. The summed E-state index contributed by atoms with van der Waals surface area (Å²) in [6, 6.07) is 6.63. The number of rotatable bonds is 4. The number of hydrogen-bond acceptors (Lipinski definition) is 4. The first-order chi connectivity index (χ1) is 12.0. The number of carbonyl (C=O) groups excluding carboxylic acids is 3. The minimum atomic E-state index is -0.437. The molecule has 1 aromatic carbocycles. The Morgan fingerprint density at radius 1 is 1.12 bits per heavy atom. The summed E-state index contributed by atoms with van der Waals surface area (Å²) in [5, 5.41) is 6.09. The SMILES string of the molecule is CC(=O)Nc1ccc(N2C(=O)C[C@H](N[C@H]3CCCC[C@H]3C)C2=O)cc1. The zero-order valence-electron chi connectivity index (χ0n) is 14.7. The smallest absolute Gasteiger partial charge is 0.251 e. The maximum absolute atomic E-state index is 12.7. The van der Waals surface area contributed by atoms with Crippen molar-refractivity contribution in [1.82, 2.24) is 5.32 Å². The van der Waals surface area contributed by atoms with E-state index in [0.717, 1.165) is 6.42 Å². The van der Waals surface area contributed by atoms with Gasteiger partial charge >= 0.3 is 0 Å². The predicted molar refractivity (Wildman–Crippen MR) is 96.2 cm³/mol.